The SMILES string of the molecule is CC(=O)c1ccc(-c2ccc(-c3ccc(S(OS(=O)(=O)C(F)(F)F)(c4ccc(C)cc4)c4ccc(C)cc4)s3)cc2)s1. The second kappa shape index (κ2) is 11.5. The van der Waals surface area contributed by atoms with E-state index in [1.165, 1.54) is 29.6 Å². The lowest BCUT2D eigenvalue weighted by Crippen LogP contribution is -2.27. The van der Waals surface area contributed by atoms with Crippen molar-refractivity contribution >= 4 is 48.9 Å². The van der Waals surface area contributed by atoms with Gasteiger partial charge in [0.2, 0.25) is 0 Å². The maximum Gasteiger partial charge on any atom is 0.524 e. The zero-order valence-corrected chi connectivity index (χ0v) is 25.9. The van der Waals surface area contributed by atoms with Gasteiger partial charge in [-0.3, -0.25) is 4.79 Å². The predicted molar refractivity (Wildman–Crippen MR) is 164 cm³/mol. The van der Waals surface area contributed by atoms with Crippen LogP contribution >= 0.6 is 33.0 Å². The molecule has 11 heteroatoms. The highest BCUT2D eigenvalue weighted by atomic mass is 32.3. The topological polar surface area (TPSA) is 60.4 Å². The van der Waals surface area contributed by atoms with Crippen LogP contribution in [0.5, 0.6) is 0 Å². The van der Waals surface area contributed by atoms with E-state index in [2.05, 4.69) is 0 Å². The number of halogens is 3. The monoisotopic (exact) mass is 646 g/mol. The summed E-state index contributed by atoms with van der Waals surface area (Å²) in [6, 6.07) is 28.1. The second-order valence-corrected chi connectivity index (χ2v) is 16.4. The maximum absolute atomic E-state index is 13.8. The minimum Gasteiger partial charge on any atom is -0.294 e. The quantitative estimate of drug-likeness (QED) is 0.124. The minimum atomic E-state index is -6.00. The number of Topliss-reactive ketones (excluding diaryl/α,β-unsaturated/α-hetero) is 1. The van der Waals surface area contributed by atoms with Gasteiger partial charge in [0, 0.05) is 19.5 Å². The van der Waals surface area contributed by atoms with Gasteiger partial charge in [0.05, 0.1) is 9.09 Å². The van der Waals surface area contributed by atoms with Crippen LogP contribution in [0.3, 0.4) is 0 Å². The van der Waals surface area contributed by atoms with Crippen molar-refractivity contribution in [3.05, 3.63) is 113 Å². The summed E-state index contributed by atoms with van der Waals surface area (Å²) in [7, 11) is -9.37. The van der Waals surface area contributed by atoms with Crippen molar-refractivity contribution in [1.82, 2.24) is 0 Å². The van der Waals surface area contributed by atoms with E-state index >= 15 is 0 Å². The molecule has 0 aliphatic heterocycles. The van der Waals surface area contributed by atoms with Gasteiger partial charge < -0.3 is 0 Å². The molecule has 5 aromatic rings. The van der Waals surface area contributed by atoms with Gasteiger partial charge in [-0.2, -0.15) is 25.2 Å². The molecule has 0 fully saturated rings. The maximum atomic E-state index is 13.8. The number of ketones is 1. The zero-order valence-electron chi connectivity index (χ0n) is 22.6. The fourth-order valence-electron chi connectivity index (χ4n) is 4.22. The standard InChI is InChI=1S/C31H25F3O4S4/c1-20-4-12-25(13-5-20)41(26-14-6-21(2)7-15-26,38-42(36,37)31(32,33)34)30-19-18-29(40-30)24-10-8-23(9-11-24)28-17-16-27(39-28)22(3)35/h4-19H,1-3H3. The molecule has 3 aromatic carbocycles. The number of aryl methyl sites for hydroxylation is 2. The summed E-state index contributed by atoms with van der Waals surface area (Å²) >= 11 is 2.59. The highest BCUT2D eigenvalue weighted by molar-refractivity contribution is 8.34. The van der Waals surface area contributed by atoms with E-state index in [0.29, 0.717) is 18.9 Å². The number of hydrogen-bond donors (Lipinski definition) is 0. The molecule has 0 radical (unpaired) electrons. The van der Waals surface area contributed by atoms with Gasteiger partial charge in [0.15, 0.2) is 5.78 Å². The predicted octanol–water partition coefficient (Wildman–Crippen LogP) is 10.0. The molecule has 0 N–H and O–H groups in total. The lowest BCUT2D eigenvalue weighted by molar-refractivity contribution is -0.0496. The molecule has 0 amide bonds. The number of alkyl halides is 3. The molecule has 0 unspecified atom stereocenters. The Morgan fingerprint density at radius 2 is 1.12 bits per heavy atom. The largest absolute Gasteiger partial charge is 0.524 e. The number of rotatable bonds is 8. The molecule has 4 nitrogen and oxygen atoms in total. The molecule has 0 aliphatic rings. The van der Waals surface area contributed by atoms with Gasteiger partial charge in [-0.15, -0.1) is 22.7 Å². The van der Waals surface area contributed by atoms with Crippen LogP contribution in [-0.2, 0) is 13.7 Å². The third-order valence-corrected chi connectivity index (χ3v) is 14.2. The zero-order chi connectivity index (χ0) is 30.3. The molecule has 0 saturated carbocycles. The molecule has 0 saturated heterocycles. The molecule has 42 heavy (non-hydrogen) atoms. The number of thiophene rings is 2. The van der Waals surface area contributed by atoms with E-state index in [1.54, 1.807) is 66.7 Å². The molecule has 2 heterocycles. The summed E-state index contributed by atoms with van der Waals surface area (Å²) in [5.41, 5.74) is -2.16. The van der Waals surface area contributed by atoms with Gasteiger partial charge in [-0.25, -0.2) is 0 Å². The van der Waals surface area contributed by atoms with Gasteiger partial charge in [0.25, 0.3) is 0 Å². The van der Waals surface area contributed by atoms with E-state index in [1.807, 2.05) is 44.2 Å². The molecular formula is C31H25F3O4S4. The van der Waals surface area contributed by atoms with Crippen LogP contribution in [0.1, 0.15) is 27.7 Å². The summed E-state index contributed by atoms with van der Waals surface area (Å²) in [6.45, 7) is 5.19. The lowest BCUT2D eigenvalue weighted by atomic mass is 10.1. The number of carbonyl (C=O) groups excluding carboxylic acids is 1. The Hall–Kier alpha value is -3.22. The van der Waals surface area contributed by atoms with Crippen LogP contribution in [0.25, 0.3) is 20.9 Å². The van der Waals surface area contributed by atoms with Crippen LogP contribution in [0.2, 0.25) is 0 Å². The summed E-state index contributed by atoms with van der Waals surface area (Å²) < 4.78 is 72.5. The van der Waals surface area contributed by atoms with Crippen LogP contribution in [0.4, 0.5) is 13.2 Å². The van der Waals surface area contributed by atoms with Crippen molar-refractivity contribution < 1.29 is 30.0 Å². The average molecular weight is 647 g/mol. The number of carbonyl (C=O) groups is 1. The first-order valence-corrected chi connectivity index (χ1v) is 17.2. The average Bonchev–Trinajstić information content (AvgIpc) is 3.64. The van der Waals surface area contributed by atoms with Crippen molar-refractivity contribution in [2.45, 2.75) is 40.3 Å². The number of hydrogen-bond acceptors (Lipinski definition) is 6. The summed E-state index contributed by atoms with van der Waals surface area (Å²) in [6.07, 6.45) is 0. The normalized spacial score (nSPS) is 12.8. The van der Waals surface area contributed by atoms with E-state index in [-0.39, 0.29) is 5.78 Å². The van der Waals surface area contributed by atoms with Crippen molar-refractivity contribution in [2.24, 2.45) is 0 Å². The van der Waals surface area contributed by atoms with Crippen molar-refractivity contribution in [2.75, 3.05) is 0 Å². The summed E-state index contributed by atoms with van der Waals surface area (Å²) in [5, 5.41) is 0. The van der Waals surface area contributed by atoms with Gasteiger partial charge >= 0.3 is 15.6 Å². The third kappa shape index (κ3) is 5.84. The Kier molecular flexibility index (Phi) is 8.25. The van der Waals surface area contributed by atoms with E-state index in [0.717, 1.165) is 32.0 Å². The first-order chi connectivity index (χ1) is 19.8. The van der Waals surface area contributed by atoms with Crippen molar-refractivity contribution in [1.29, 1.82) is 0 Å². The Balaban J connectivity index is 1.65. The highest BCUT2D eigenvalue weighted by Gasteiger charge is 2.52. The first kappa shape index (κ1) is 30.2. The van der Waals surface area contributed by atoms with Crippen LogP contribution in [0.15, 0.2) is 111 Å². The smallest absolute Gasteiger partial charge is 0.294 e. The van der Waals surface area contributed by atoms with Crippen LogP contribution in [0, 0.1) is 13.8 Å². The van der Waals surface area contributed by atoms with E-state index in [9.17, 15) is 26.4 Å². The third-order valence-electron chi connectivity index (χ3n) is 6.45. The molecule has 0 aliphatic carbocycles. The van der Waals surface area contributed by atoms with Crippen LogP contribution < -0.4 is 0 Å². The van der Waals surface area contributed by atoms with Crippen molar-refractivity contribution in [3.8, 4) is 20.9 Å². The minimum absolute atomic E-state index is 0.00289. The Morgan fingerprint density at radius 3 is 1.55 bits per heavy atom. The molecule has 0 spiro atoms. The highest BCUT2D eigenvalue weighted by Crippen LogP contribution is 2.72. The van der Waals surface area contributed by atoms with E-state index < -0.39 is 25.9 Å². The molecule has 0 bridgehead atoms. The summed E-state index contributed by atoms with van der Waals surface area (Å²) in [5.74, 6) is -0.00289. The van der Waals surface area contributed by atoms with Gasteiger partial charge in [0.1, 0.15) is 0 Å². The van der Waals surface area contributed by atoms with Crippen LogP contribution in [-0.4, -0.2) is 19.7 Å². The number of benzene rings is 3. The Labute approximate surface area is 252 Å². The lowest BCUT2D eigenvalue weighted by Gasteiger charge is -2.38. The van der Waals surface area contributed by atoms with Crippen molar-refractivity contribution in [3.63, 3.8) is 0 Å². The van der Waals surface area contributed by atoms with E-state index in [4.69, 9.17) is 3.63 Å². The second-order valence-electron chi connectivity index (χ2n) is 9.57. The van der Waals surface area contributed by atoms with Gasteiger partial charge in [-0.1, -0.05) is 59.7 Å². The fraction of sp³-hybridized carbons (Fsp3) is 0.129. The molecule has 0 atom stereocenters. The fourth-order valence-corrected chi connectivity index (χ4v) is 11.8. The first-order valence-electron chi connectivity index (χ1n) is 12.6. The Morgan fingerprint density at radius 1 is 0.667 bits per heavy atom. The van der Waals surface area contributed by atoms with Gasteiger partial charge in [-0.05, 0) is 90.7 Å². The summed E-state index contributed by atoms with van der Waals surface area (Å²) in [4.78, 5) is 14.7. The molecule has 5 rings (SSSR count). The molecular weight excluding hydrogens is 622 g/mol. The molecule has 218 valence electrons. The Bertz CT molecular complexity index is 1790. The molecule has 2 aromatic heterocycles.